The predicted molar refractivity (Wildman–Crippen MR) is 83.4 cm³/mol. The highest BCUT2D eigenvalue weighted by Crippen LogP contribution is 2.50. The zero-order valence-corrected chi connectivity index (χ0v) is 13.4. The quantitative estimate of drug-likeness (QED) is 0.627. The molecule has 0 bridgehead atoms. The number of carboxylic acids is 1. The molecule has 1 aromatic heterocycles. The second kappa shape index (κ2) is 5.16. The Bertz CT molecular complexity index is 697. The van der Waals surface area contributed by atoms with Crippen molar-refractivity contribution in [3.05, 3.63) is 30.7 Å². The molecule has 2 amide bonds. The molecule has 122 valence electrons. The summed E-state index contributed by atoms with van der Waals surface area (Å²) in [6.07, 6.45) is 1.43. The van der Waals surface area contributed by atoms with Crippen LogP contribution in [0.2, 0.25) is 0 Å². The normalized spacial score (nSPS) is 28.0. The van der Waals surface area contributed by atoms with Crippen LogP contribution >= 0.6 is 11.8 Å². The predicted octanol–water partition coefficient (Wildman–Crippen LogP) is 0.924. The van der Waals surface area contributed by atoms with E-state index in [2.05, 4.69) is 11.9 Å². The lowest BCUT2D eigenvalue weighted by atomic mass is 9.96. The number of hydrogen-bond donors (Lipinski definition) is 2. The van der Waals surface area contributed by atoms with E-state index in [0.717, 1.165) is 0 Å². The number of amides is 2. The Hall–Kier alpha value is -2.22. The third-order valence-electron chi connectivity index (χ3n) is 4.05. The number of carbonyl (C=O) groups is 3. The second-order valence-electron chi connectivity index (χ2n) is 6.01. The summed E-state index contributed by atoms with van der Waals surface area (Å²) in [5.74, 6) is -1.60. The van der Waals surface area contributed by atoms with E-state index in [-0.39, 0.29) is 16.9 Å². The minimum atomic E-state index is -1.04. The molecule has 0 radical (unpaired) electrons. The highest BCUT2D eigenvalue weighted by Gasteiger charge is 2.64. The number of fused-ring (bicyclic) bond motifs is 1. The number of aliphatic carboxylic acids is 1. The fourth-order valence-electron chi connectivity index (χ4n) is 2.94. The van der Waals surface area contributed by atoms with Gasteiger partial charge in [0.25, 0.3) is 5.91 Å². The molecule has 23 heavy (non-hydrogen) atoms. The van der Waals surface area contributed by atoms with Crippen LogP contribution in [-0.2, 0) is 14.4 Å². The lowest BCUT2D eigenvalue weighted by molar-refractivity contribution is -0.160. The van der Waals surface area contributed by atoms with Gasteiger partial charge >= 0.3 is 5.97 Å². The van der Waals surface area contributed by atoms with Crippen molar-refractivity contribution in [2.75, 3.05) is 0 Å². The van der Waals surface area contributed by atoms with Crippen LogP contribution in [0.4, 0.5) is 0 Å². The maximum Gasteiger partial charge on any atom is 0.327 e. The number of carboxylic acid groups (broad SMARTS) is 1. The van der Waals surface area contributed by atoms with Crippen molar-refractivity contribution in [1.82, 2.24) is 10.2 Å². The number of nitrogens with zero attached hydrogens (tertiary/aromatic N) is 1. The van der Waals surface area contributed by atoms with Crippen molar-refractivity contribution in [3.8, 4) is 0 Å². The first-order chi connectivity index (χ1) is 10.7. The molecule has 8 heteroatoms. The van der Waals surface area contributed by atoms with Gasteiger partial charge in [-0.15, -0.1) is 11.8 Å². The van der Waals surface area contributed by atoms with E-state index in [1.54, 1.807) is 26.0 Å². The van der Waals surface area contributed by atoms with Crippen molar-refractivity contribution in [1.29, 1.82) is 0 Å². The summed E-state index contributed by atoms with van der Waals surface area (Å²) in [5, 5.41) is 11.6. The van der Waals surface area contributed by atoms with Gasteiger partial charge in [-0.1, -0.05) is 6.58 Å². The smallest absolute Gasteiger partial charge is 0.327 e. The van der Waals surface area contributed by atoms with Crippen LogP contribution in [0.1, 0.15) is 19.6 Å². The zero-order chi connectivity index (χ0) is 16.9. The summed E-state index contributed by atoms with van der Waals surface area (Å²) in [6.45, 7) is 7.22. The minimum absolute atomic E-state index is 0.123. The van der Waals surface area contributed by atoms with Crippen LogP contribution in [0, 0.1) is 0 Å². The van der Waals surface area contributed by atoms with Gasteiger partial charge in [-0.05, 0) is 26.0 Å². The van der Waals surface area contributed by atoms with Gasteiger partial charge in [-0.25, -0.2) is 4.79 Å². The van der Waals surface area contributed by atoms with Crippen LogP contribution in [-0.4, -0.2) is 50.0 Å². The third-order valence-corrected chi connectivity index (χ3v) is 5.63. The monoisotopic (exact) mass is 336 g/mol. The number of nitrogens with one attached hydrogen (secondary N) is 1. The van der Waals surface area contributed by atoms with Crippen molar-refractivity contribution >= 4 is 35.1 Å². The first kappa shape index (κ1) is 15.7. The summed E-state index contributed by atoms with van der Waals surface area (Å²) in [5.41, 5.74) is 0.123. The van der Waals surface area contributed by atoms with Crippen molar-refractivity contribution in [2.24, 2.45) is 0 Å². The Morgan fingerprint density at radius 2 is 2.17 bits per heavy atom. The molecule has 0 spiro atoms. The molecule has 3 rings (SSSR count). The summed E-state index contributed by atoms with van der Waals surface area (Å²) < 4.78 is 4.48. The Morgan fingerprint density at radius 3 is 2.74 bits per heavy atom. The number of β-lactam (4-membered cyclic amide) rings is 1. The minimum Gasteiger partial charge on any atom is -0.480 e. The summed E-state index contributed by atoms with van der Waals surface area (Å²) >= 11 is 1.37. The Labute approximate surface area is 136 Å². The number of rotatable bonds is 4. The molecule has 2 N–H and O–H groups in total. The van der Waals surface area contributed by atoms with E-state index in [0.29, 0.717) is 5.76 Å². The summed E-state index contributed by atoms with van der Waals surface area (Å²) in [4.78, 5) is 37.2. The molecule has 2 aliphatic rings. The lowest BCUT2D eigenvalue weighted by Gasteiger charge is -2.43. The number of furan rings is 1. The Balaban J connectivity index is 1.72. The van der Waals surface area contributed by atoms with Gasteiger partial charge in [0.1, 0.15) is 23.2 Å². The molecule has 2 aliphatic heterocycles. The van der Waals surface area contributed by atoms with Crippen LogP contribution in [0.3, 0.4) is 0 Å². The number of hydrogen-bond acceptors (Lipinski definition) is 5. The van der Waals surface area contributed by atoms with E-state index in [9.17, 15) is 19.5 Å². The average molecular weight is 336 g/mol. The number of carbonyl (C=O) groups excluding carboxylic acids is 2. The number of thioether (sulfide) groups is 1. The van der Waals surface area contributed by atoms with E-state index in [4.69, 9.17) is 4.42 Å². The molecule has 1 aromatic rings. The molecule has 2 saturated heterocycles. The van der Waals surface area contributed by atoms with Crippen LogP contribution < -0.4 is 5.32 Å². The first-order valence-electron chi connectivity index (χ1n) is 7.00. The van der Waals surface area contributed by atoms with Crippen molar-refractivity contribution < 1.29 is 23.9 Å². The summed E-state index contributed by atoms with van der Waals surface area (Å²) in [6, 6.07) is 1.59. The molecular weight excluding hydrogens is 320 g/mol. The van der Waals surface area contributed by atoms with E-state index < -0.39 is 28.7 Å². The topological polar surface area (TPSA) is 99.9 Å². The van der Waals surface area contributed by atoms with Gasteiger partial charge in [0.2, 0.25) is 5.91 Å². The average Bonchev–Trinajstić information content (AvgIpc) is 3.08. The fraction of sp³-hybridized carbons (Fsp3) is 0.400. The molecule has 0 unspecified atom stereocenters. The third kappa shape index (κ3) is 2.33. The molecule has 7 nitrogen and oxygen atoms in total. The highest BCUT2D eigenvalue weighted by molar-refractivity contribution is 8.01. The molecule has 0 aliphatic carbocycles. The fourth-order valence-corrected chi connectivity index (χ4v) is 4.56. The summed E-state index contributed by atoms with van der Waals surface area (Å²) in [7, 11) is 0. The Kier molecular flexibility index (Phi) is 3.51. The van der Waals surface area contributed by atoms with Crippen molar-refractivity contribution in [2.45, 2.75) is 36.1 Å². The maximum atomic E-state index is 12.3. The SMILES string of the molecule is C=C(C(=O)N[C@@H]1C(=O)N2[C@@H]1SC(C)(C)[C@@H]2C(=O)O)c1ccco1. The van der Waals surface area contributed by atoms with Crippen LogP contribution in [0.25, 0.3) is 5.57 Å². The molecule has 0 saturated carbocycles. The van der Waals surface area contributed by atoms with E-state index in [1.165, 1.54) is 22.9 Å². The molecule has 2 fully saturated rings. The van der Waals surface area contributed by atoms with E-state index >= 15 is 0 Å². The lowest BCUT2D eigenvalue weighted by Crippen LogP contribution is -2.70. The van der Waals surface area contributed by atoms with Crippen LogP contribution in [0.15, 0.2) is 29.4 Å². The molecule has 3 atom stereocenters. The Morgan fingerprint density at radius 1 is 1.48 bits per heavy atom. The van der Waals surface area contributed by atoms with Crippen LogP contribution in [0.5, 0.6) is 0 Å². The van der Waals surface area contributed by atoms with Gasteiger partial charge in [0, 0.05) is 4.75 Å². The maximum absolute atomic E-state index is 12.3. The largest absolute Gasteiger partial charge is 0.480 e. The van der Waals surface area contributed by atoms with Gasteiger partial charge in [0.15, 0.2) is 0 Å². The van der Waals surface area contributed by atoms with Gasteiger partial charge < -0.3 is 19.7 Å². The van der Waals surface area contributed by atoms with Gasteiger partial charge in [-0.2, -0.15) is 0 Å². The molecular formula is C15H16N2O5S. The molecule has 0 aromatic carbocycles. The highest BCUT2D eigenvalue weighted by atomic mass is 32.2. The van der Waals surface area contributed by atoms with E-state index in [1.807, 2.05) is 0 Å². The molecule has 3 heterocycles. The van der Waals surface area contributed by atoms with Gasteiger partial charge in [-0.3, -0.25) is 9.59 Å². The zero-order valence-electron chi connectivity index (χ0n) is 12.6. The first-order valence-corrected chi connectivity index (χ1v) is 7.88. The standard InChI is InChI=1S/C15H16N2O5S/c1-7(8-5-4-6-22-8)11(18)16-9-12(19)17-10(14(20)21)15(2,3)23-13(9)17/h4-6,9-10,13H,1H2,2-3H3,(H,16,18)(H,20,21)/t9-,10+,13-/m1/s1. The van der Waals surface area contributed by atoms with Crippen molar-refractivity contribution in [3.63, 3.8) is 0 Å². The second-order valence-corrected chi connectivity index (χ2v) is 7.78. The van der Waals surface area contributed by atoms with Gasteiger partial charge in [0.05, 0.1) is 11.8 Å².